The molecule has 9 heavy (non-hydrogen) atoms. The van der Waals surface area contributed by atoms with Gasteiger partial charge in [0.2, 0.25) is 0 Å². The highest BCUT2D eigenvalue weighted by atomic mass is 16.4. The van der Waals surface area contributed by atoms with E-state index in [0.717, 1.165) is 0 Å². The third-order valence-electron chi connectivity index (χ3n) is 2.99. The van der Waals surface area contributed by atoms with Gasteiger partial charge in [0.25, 0.3) is 0 Å². The van der Waals surface area contributed by atoms with E-state index in [9.17, 15) is 4.79 Å². The average Bonchev–Trinajstić information content (AvgIpc) is 2.22. The molecule has 2 heteroatoms. The first kappa shape index (κ1) is 6.59. The van der Waals surface area contributed by atoms with Crippen molar-refractivity contribution in [1.82, 2.24) is 0 Å². The van der Waals surface area contributed by atoms with E-state index in [0.29, 0.717) is 11.8 Å². The highest BCUT2D eigenvalue weighted by Crippen LogP contribution is 2.57. The Kier molecular flexibility index (Phi) is 1.09. The summed E-state index contributed by atoms with van der Waals surface area (Å²) < 4.78 is 0. The summed E-state index contributed by atoms with van der Waals surface area (Å²) in [4.78, 5) is 10.5. The van der Waals surface area contributed by atoms with Crippen LogP contribution < -0.4 is 0 Å². The average molecular weight is 128 g/mol. The van der Waals surface area contributed by atoms with Crippen molar-refractivity contribution >= 4 is 5.97 Å². The Balaban J connectivity index is 2.71. The molecule has 1 aliphatic carbocycles. The Morgan fingerprint density at radius 3 is 1.78 bits per heavy atom. The van der Waals surface area contributed by atoms with E-state index in [1.807, 2.05) is 20.8 Å². The minimum atomic E-state index is -0.650. The lowest BCUT2D eigenvalue weighted by atomic mass is 10.1. The second kappa shape index (κ2) is 1.49. The Hall–Kier alpha value is -0.530. The Bertz CT molecular complexity index is 143. The predicted octanol–water partition coefficient (Wildman–Crippen LogP) is 1.36. The molecule has 1 rings (SSSR count). The summed E-state index contributed by atoms with van der Waals surface area (Å²) in [6.07, 6.45) is 0. The summed E-state index contributed by atoms with van der Waals surface area (Å²) in [7, 11) is 0. The molecule has 1 N–H and O–H groups in total. The molecular weight excluding hydrogens is 116 g/mol. The van der Waals surface area contributed by atoms with Crippen LogP contribution in [0.5, 0.6) is 0 Å². The van der Waals surface area contributed by atoms with E-state index in [1.165, 1.54) is 0 Å². The fourth-order valence-corrected chi connectivity index (χ4v) is 1.37. The molecule has 52 valence electrons. The molecule has 1 aliphatic rings. The van der Waals surface area contributed by atoms with Crippen LogP contribution >= 0.6 is 0 Å². The van der Waals surface area contributed by atoms with Gasteiger partial charge in [-0.3, -0.25) is 4.79 Å². The van der Waals surface area contributed by atoms with Crippen molar-refractivity contribution in [1.29, 1.82) is 0 Å². The summed E-state index contributed by atoms with van der Waals surface area (Å²) in [5, 5.41) is 8.65. The number of rotatable bonds is 1. The molecule has 1 fully saturated rings. The van der Waals surface area contributed by atoms with Crippen LogP contribution in [-0.4, -0.2) is 11.1 Å². The maximum atomic E-state index is 10.5. The highest BCUT2D eigenvalue weighted by molar-refractivity contribution is 5.78. The number of hydrogen-bond donors (Lipinski definition) is 1. The van der Waals surface area contributed by atoms with Crippen molar-refractivity contribution < 1.29 is 9.90 Å². The van der Waals surface area contributed by atoms with Gasteiger partial charge in [-0.05, 0) is 18.8 Å². The molecule has 0 aromatic heterocycles. The number of carbonyl (C=O) groups is 1. The van der Waals surface area contributed by atoms with Crippen molar-refractivity contribution in [3.05, 3.63) is 0 Å². The fourth-order valence-electron chi connectivity index (χ4n) is 1.37. The second-order valence-electron chi connectivity index (χ2n) is 3.17. The molecule has 0 bridgehead atoms. The lowest BCUT2D eigenvalue weighted by molar-refractivity contribution is -0.143. The zero-order valence-electron chi connectivity index (χ0n) is 6.01. The van der Waals surface area contributed by atoms with E-state index in [4.69, 9.17) is 5.11 Å². The zero-order valence-corrected chi connectivity index (χ0v) is 6.01. The van der Waals surface area contributed by atoms with Crippen molar-refractivity contribution in [2.45, 2.75) is 20.8 Å². The SMILES string of the molecule is CC1C(C)C1(C)C(=O)O. The van der Waals surface area contributed by atoms with E-state index < -0.39 is 11.4 Å². The summed E-state index contributed by atoms with van der Waals surface area (Å²) in [6, 6.07) is 0. The van der Waals surface area contributed by atoms with Crippen molar-refractivity contribution in [3.63, 3.8) is 0 Å². The molecule has 2 atom stereocenters. The van der Waals surface area contributed by atoms with Gasteiger partial charge in [-0.1, -0.05) is 13.8 Å². The normalized spacial score (nSPS) is 48.8. The van der Waals surface area contributed by atoms with E-state index in [1.54, 1.807) is 0 Å². The van der Waals surface area contributed by atoms with Gasteiger partial charge in [0, 0.05) is 0 Å². The maximum Gasteiger partial charge on any atom is 0.309 e. The standard InChI is InChI=1S/C7H12O2/c1-4-5(2)7(4,3)6(8)9/h4-5H,1-3H3,(H,8,9). The first-order valence-corrected chi connectivity index (χ1v) is 3.24. The van der Waals surface area contributed by atoms with Gasteiger partial charge in [0.05, 0.1) is 5.41 Å². The maximum absolute atomic E-state index is 10.5. The van der Waals surface area contributed by atoms with Crippen LogP contribution in [0.1, 0.15) is 20.8 Å². The fraction of sp³-hybridized carbons (Fsp3) is 0.857. The van der Waals surface area contributed by atoms with Crippen molar-refractivity contribution in [2.75, 3.05) is 0 Å². The van der Waals surface area contributed by atoms with Crippen LogP contribution in [0.15, 0.2) is 0 Å². The lowest BCUT2D eigenvalue weighted by Gasteiger charge is -1.99. The number of carboxylic acid groups (broad SMARTS) is 1. The van der Waals surface area contributed by atoms with Gasteiger partial charge in [0.1, 0.15) is 0 Å². The quantitative estimate of drug-likeness (QED) is 0.579. The molecule has 0 heterocycles. The molecule has 1 saturated carbocycles. The first-order chi connectivity index (χ1) is 4.01. The Morgan fingerprint density at radius 2 is 1.78 bits per heavy atom. The van der Waals surface area contributed by atoms with Gasteiger partial charge in [-0.15, -0.1) is 0 Å². The number of carboxylic acids is 1. The Labute approximate surface area is 54.9 Å². The predicted molar refractivity (Wildman–Crippen MR) is 34.1 cm³/mol. The van der Waals surface area contributed by atoms with Crippen molar-refractivity contribution in [2.24, 2.45) is 17.3 Å². The molecule has 0 radical (unpaired) electrons. The molecular formula is C7H12O2. The van der Waals surface area contributed by atoms with Crippen LogP contribution in [0.2, 0.25) is 0 Å². The van der Waals surface area contributed by atoms with Crippen molar-refractivity contribution in [3.8, 4) is 0 Å². The first-order valence-electron chi connectivity index (χ1n) is 3.24. The zero-order chi connectivity index (χ0) is 7.23. The molecule has 2 nitrogen and oxygen atoms in total. The number of aliphatic carboxylic acids is 1. The molecule has 0 saturated heterocycles. The summed E-state index contributed by atoms with van der Waals surface area (Å²) >= 11 is 0. The van der Waals surface area contributed by atoms with Gasteiger partial charge in [0.15, 0.2) is 0 Å². The van der Waals surface area contributed by atoms with Gasteiger partial charge in [-0.25, -0.2) is 0 Å². The van der Waals surface area contributed by atoms with Crippen LogP contribution in [0.25, 0.3) is 0 Å². The third-order valence-corrected chi connectivity index (χ3v) is 2.99. The second-order valence-corrected chi connectivity index (χ2v) is 3.17. The van der Waals surface area contributed by atoms with Crippen LogP contribution in [0.4, 0.5) is 0 Å². The summed E-state index contributed by atoms with van der Waals surface area (Å²) in [6.45, 7) is 5.78. The van der Waals surface area contributed by atoms with E-state index in [2.05, 4.69) is 0 Å². The van der Waals surface area contributed by atoms with Gasteiger partial charge < -0.3 is 5.11 Å². The van der Waals surface area contributed by atoms with Crippen LogP contribution in [0.3, 0.4) is 0 Å². The number of hydrogen-bond acceptors (Lipinski definition) is 1. The molecule has 2 unspecified atom stereocenters. The van der Waals surface area contributed by atoms with E-state index >= 15 is 0 Å². The van der Waals surface area contributed by atoms with E-state index in [-0.39, 0.29) is 0 Å². The molecule has 0 aliphatic heterocycles. The summed E-state index contributed by atoms with van der Waals surface area (Å²) in [5.74, 6) is 0.0625. The monoisotopic (exact) mass is 128 g/mol. The minimum Gasteiger partial charge on any atom is -0.481 e. The minimum absolute atomic E-state index is 0.356. The Morgan fingerprint density at radius 1 is 1.44 bits per heavy atom. The lowest BCUT2D eigenvalue weighted by Crippen LogP contribution is -2.13. The smallest absolute Gasteiger partial charge is 0.309 e. The highest BCUT2D eigenvalue weighted by Gasteiger charge is 2.61. The largest absolute Gasteiger partial charge is 0.481 e. The van der Waals surface area contributed by atoms with Gasteiger partial charge >= 0.3 is 5.97 Å². The molecule has 0 aromatic carbocycles. The molecule has 0 spiro atoms. The topological polar surface area (TPSA) is 37.3 Å². The molecule has 0 amide bonds. The van der Waals surface area contributed by atoms with Crippen LogP contribution in [0, 0.1) is 17.3 Å². The van der Waals surface area contributed by atoms with Crippen LogP contribution in [-0.2, 0) is 4.79 Å². The molecule has 0 aromatic rings. The van der Waals surface area contributed by atoms with Gasteiger partial charge in [-0.2, -0.15) is 0 Å². The summed E-state index contributed by atoms with van der Waals surface area (Å²) in [5.41, 5.74) is -0.417. The third kappa shape index (κ3) is 0.590.